The molecule has 0 saturated heterocycles. The Balaban J connectivity index is 3.68. The highest BCUT2D eigenvalue weighted by molar-refractivity contribution is 5.75. The third kappa shape index (κ3) is 6.86. The van der Waals surface area contributed by atoms with Crippen LogP contribution in [0, 0.1) is 0 Å². The molecule has 0 aromatic rings. The molecule has 0 rings (SSSR count). The molecular weight excluding hydrogens is 182 g/mol. The number of carbonyl (C=O) groups excluding carboxylic acids is 1. The second kappa shape index (κ2) is 6.79. The molecule has 2 N–H and O–H groups in total. The molecule has 0 bridgehead atoms. The Labute approximate surface area is 85.6 Å². The van der Waals surface area contributed by atoms with Crippen LogP contribution < -0.4 is 5.32 Å². The quantitative estimate of drug-likeness (QED) is 0.640. The van der Waals surface area contributed by atoms with Crippen molar-refractivity contribution >= 4 is 5.91 Å². The molecule has 1 unspecified atom stereocenters. The van der Waals surface area contributed by atoms with E-state index < -0.39 is 5.60 Å². The molecule has 0 spiro atoms. The first-order valence-electron chi connectivity index (χ1n) is 5.00. The van der Waals surface area contributed by atoms with Crippen LogP contribution in [-0.2, 0) is 9.53 Å². The first-order valence-corrected chi connectivity index (χ1v) is 5.00. The molecule has 1 atom stereocenters. The number of aliphatic hydroxyl groups is 1. The average Bonchev–Trinajstić information content (AvgIpc) is 2.13. The van der Waals surface area contributed by atoms with Crippen molar-refractivity contribution in [2.75, 3.05) is 20.3 Å². The largest absolute Gasteiger partial charge is 0.388 e. The first-order chi connectivity index (χ1) is 6.52. The summed E-state index contributed by atoms with van der Waals surface area (Å²) in [6.07, 6.45) is 1.86. The molecule has 1 amide bonds. The van der Waals surface area contributed by atoms with Gasteiger partial charge >= 0.3 is 0 Å². The maximum absolute atomic E-state index is 11.1. The van der Waals surface area contributed by atoms with Gasteiger partial charge in [0.2, 0.25) is 5.91 Å². The van der Waals surface area contributed by atoms with Crippen molar-refractivity contribution in [3.8, 4) is 0 Å². The topological polar surface area (TPSA) is 58.6 Å². The molecule has 0 radical (unpaired) electrons. The van der Waals surface area contributed by atoms with Gasteiger partial charge in [0.15, 0.2) is 0 Å². The Hall–Kier alpha value is -0.610. The first kappa shape index (κ1) is 13.4. The molecule has 4 heteroatoms. The molecule has 0 aliphatic heterocycles. The predicted octanol–water partition coefficient (Wildman–Crippen LogP) is 0.690. The molecule has 0 aliphatic rings. The Morgan fingerprint density at radius 1 is 1.57 bits per heavy atom. The van der Waals surface area contributed by atoms with Crippen LogP contribution >= 0.6 is 0 Å². The zero-order valence-corrected chi connectivity index (χ0v) is 9.30. The second-order valence-electron chi connectivity index (χ2n) is 3.77. The number of ether oxygens (including phenoxy) is 1. The van der Waals surface area contributed by atoms with Gasteiger partial charge in [-0.05, 0) is 13.3 Å². The molecule has 0 saturated carbocycles. The lowest BCUT2D eigenvalue weighted by atomic mass is 10.0. The Morgan fingerprint density at radius 3 is 2.71 bits per heavy atom. The SMILES string of the molecule is CCCC(=O)NCC(C)(O)CCOC. The van der Waals surface area contributed by atoms with Crippen molar-refractivity contribution in [3.05, 3.63) is 0 Å². The Morgan fingerprint density at radius 2 is 2.21 bits per heavy atom. The van der Waals surface area contributed by atoms with E-state index in [1.807, 2.05) is 6.92 Å². The summed E-state index contributed by atoms with van der Waals surface area (Å²) >= 11 is 0. The van der Waals surface area contributed by atoms with Crippen LogP contribution in [0.2, 0.25) is 0 Å². The second-order valence-corrected chi connectivity index (χ2v) is 3.77. The maximum atomic E-state index is 11.1. The molecule has 0 aromatic heterocycles. The normalized spacial score (nSPS) is 14.9. The summed E-state index contributed by atoms with van der Waals surface area (Å²) in [4.78, 5) is 11.1. The van der Waals surface area contributed by atoms with E-state index in [4.69, 9.17) is 4.74 Å². The van der Waals surface area contributed by atoms with Gasteiger partial charge in [0.1, 0.15) is 0 Å². The van der Waals surface area contributed by atoms with Crippen LogP contribution in [0.15, 0.2) is 0 Å². The van der Waals surface area contributed by atoms with Crippen LogP contribution in [0.4, 0.5) is 0 Å². The number of rotatable bonds is 7. The maximum Gasteiger partial charge on any atom is 0.220 e. The number of nitrogens with one attached hydrogen (secondary N) is 1. The van der Waals surface area contributed by atoms with Gasteiger partial charge < -0.3 is 15.2 Å². The molecule has 4 nitrogen and oxygen atoms in total. The van der Waals surface area contributed by atoms with Crippen LogP contribution in [-0.4, -0.2) is 36.9 Å². The predicted molar refractivity (Wildman–Crippen MR) is 55.0 cm³/mol. The lowest BCUT2D eigenvalue weighted by Crippen LogP contribution is -2.41. The van der Waals surface area contributed by atoms with E-state index in [2.05, 4.69) is 5.32 Å². The van der Waals surface area contributed by atoms with Gasteiger partial charge in [-0.2, -0.15) is 0 Å². The van der Waals surface area contributed by atoms with Crippen molar-refractivity contribution in [2.24, 2.45) is 0 Å². The van der Waals surface area contributed by atoms with E-state index in [0.717, 1.165) is 6.42 Å². The lowest BCUT2D eigenvalue weighted by molar-refractivity contribution is -0.122. The molecule has 0 aromatic carbocycles. The lowest BCUT2D eigenvalue weighted by Gasteiger charge is -2.23. The van der Waals surface area contributed by atoms with Gasteiger partial charge in [-0.1, -0.05) is 6.92 Å². The van der Waals surface area contributed by atoms with Gasteiger partial charge in [-0.25, -0.2) is 0 Å². The average molecular weight is 203 g/mol. The van der Waals surface area contributed by atoms with Gasteiger partial charge in [0.25, 0.3) is 0 Å². The summed E-state index contributed by atoms with van der Waals surface area (Å²) in [6.45, 7) is 4.42. The van der Waals surface area contributed by atoms with Gasteiger partial charge in [0.05, 0.1) is 5.60 Å². The summed E-state index contributed by atoms with van der Waals surface area (Å²) in [5, 5.41) is 12.5. The molecule has 0 fully saturated rings. The van der Waals surface area contributed by atoms with E-state index in [1.54, 1.807) is 14.0 Å². The fourth-order valence-corrected chi connectivity index (χ4v) is 1.01. The number of methoxy groups -OCH3 is 1. The summed E-state index contributed by atoms with van der Waals surface area (Å²) in [5.41, 5.74) is -0.876. The number of carbonyl (C=O) groups is 1. The minimum Gasteiger partial charge on any atom is -0.388 e. The molecule has 0 aliphatic carbocycles. The van der Waals surface area contributed by atoms with Gasteiger partial charge in [-0.3, -0.25) is 4.79 Å². The van der Waals surface area contributed by atoms with Crippen molar-refractivity contribution in [1.29, 1.82) is 0 Å². The minimum absolute atomic E-state index is 0.00908. The molecular formula is C10H21NO3. The van der Waals surface area contributed by atoms with Crippen molar-refractivity contribution in [1.82, 2.24) is 5.32 Å². The summed E-state index contributed by atoms with van der Waals surface area (Å²) in [7, 11) is 1.59. The fraction of sp³-hybridized carbons (Fsp3) is 0.900. The number of amides is 1. The smallest absolute Gasteiger partial charge is 0.220 e. The Bertz CT molecular complexity index is 169. The number of hydrogen-bond donors (Lipinski definition) is 2. The third-order valence-corrected chi connectivity index (χ3v) is 1.99. The van der Waals surface area contributed by atoms with Crippen LogP contribution in [0.1, 0.15) is 33.1 Å². The van der Waals surface area contributed by atoms with Crippen molar-refractivity contribution in [2.45, 2.75) is 38.7 Å². The van der Waals surface area contributed by atoms with Crippen LogP contribution in [0.25, 0.3) is 0 Å². The zero-order valence-electron chi connectivity index (χ0n) is 9.30. The van der Waals surface area contributed by atoms with Crippen LogP contribution in [0.3, 0.4) is 0 Å². The Kier molecular flexibility index (Phi) is 6.49. The van der Waals surface area contributed by atoms with E-state index in [9.17, 15) is 9.90 Å². The minimum atomic E-state index is -0.876. The molecule has 14 heavy (non-hydrogen) atoms. The van der Waals surface area contributed by atoms with E-state index in [0.29, 0.717) is 19.4 Å². The summed E-state index contributed by atoms with van der Waals surface area (Å²) in [6, 6.07) is 0. The van der Waals surface area contributed by atoms with Gasteiger partial charge in [0, 0.05) is 33.1 Å². The summed E-state index contributed by atoms with van der Waals surface area (Å²) < 4.78 is 4.86. The van der Waals surface area contributed by atoms with E-state index in [-0.39, 0.29) is 12.5 Å². The monoisotopic (exact) mass is 203 g/mol. The highest BCUT2D eigenvalue weighted by Crippen LogP contribution is 2.07. The standard InChI is InChI=1S/C10H21NO3/c1-4-5-9(12)11-8-10(2,13)6-7-14-3/h13H,4-8H2,1-3H3,(H,11,12). The van der Waals surface area contributed by atoms with Crippen molar-refractivity contribution < 1.29 is 14.6 Å². The third-order valence-electron chi connectivity index (χ3n) is 1.99. The summed E-state index contributed by atoms with van der Waals surface area (Å²) in [5.74, 6) is -0.00908. The van der Waals surface area contributed by atoms with E-state index >= 15 is 0 Å². The molecule has 84 valence electrons. The highest BCUT2D eigenvalue weighted by atomic mass is 16.5. The van der Waals surface area contributed by atoms with Crippen molar-refractivity contribution in [3.63, 3.8) is 0 Å². The zero-order chi connectivity index (χ0) is 11.0. The van der Waals surface area contributed by atoms with Gasteiger partial charge in [-0.15, -0.1) is 0 Å². The fourth-order valence-electron chi connectivity index (χ4n) is 1.01. The number of hydrogen-bond acceptors (Lipinski definition) is 3. The highest BCUT2D eigenvalue weighted by Gasteiger charge is 2.20. The van der Waals surface area contributed by atoms with Crippen LogP contribution in [0.5, 0.6) is 0 Å². The molecule has 0 heterocycles. The van der Waals surface area contributed by atoms with E-state index in [1.165, 1.54) is 0 Å².